The number of fused-ring (bicyclic) bond motifs is 3. The van der Waals surface area contributed by atoms with E-state index in [1.54, 1.807) is 55.5 Å². The Morgan fingerprint density at radius 1 is 0.939 bits per heavy atom. The van der Waals surface area contributed by atoms with Gasteiger partial charge in [-0.3, -0.25) is 9.13 Å². The molecule has 1 aliphatic rings. The van der Waals surface area contributed by atoms with E-state index in [2.05, 4.69) is 0 Å². The number of nitrogens with zero attached hydrogens (tertiary/aromatic N) is 1. The van der Waals surface area contributed by atoms with Crippen LogP contribution in [0.1, 0.15) is 6.92 Å². The molecule has 33 heavy (non-hydrogen) atoms. The summed E-state index contributed by atoms with van der Waals surface area (Å²) in [5.74, 6) is 0.323. The molecule has 8 heteroatoms. The molecule has 7 nitrogen and oxygen atoms in total. The van der Waals surface area contributed by atoms with Gasteiger partial charge in [0.05, 0.1) is 17.1 Å². The van der Waals surface area contributed by atoms with Crippen LogP contribution in [0.2, 0.25) is 0 Å². The maximum absolute atomic E-state index is 14.3. The van der Waals surface area contributed by atoms with E-state index in [9.17, 15) is 19.9 Å². The fourth-order valence-electron chi connectivity index (χ4n) is 3.95. The number of hydrogen-bond acceptors (Lipinski definition) is 6. The van der Waals surface area contributed by atoms with E-state index in [1.807, 2.05) is 24.3 Å². The maximum Gasteiger partial charge on any atom is 0.312 e. The van der Waals surface area contributed by atoms with Crippen LogP contribution in [0.5, 0.6) is 23.3 Å². The molecule has 0 radical (unpaired) electrons. The van der Waals surface area contributed by atoms with Crippen LogP contribution in [0.4, 0.5) is 0 Å². The molecular formula is C25H22NO6P. The molecule has 0 aliphatic carbocycles. The Hall–Kier alpha value is -3.67. The second-order valence-electron chi connectivity index (χ2n) is 7.86. The van der Waals surface area contributed by atoms with Crippen LogP contribution in [0, 0.1) is 0 Å². The van der Waals surface area contributed by atoms with Gasteiger partial charge in [0, 0.05) is 11.6 Å². The Bertz CT molecular complexity index is 1380. The van der Waals surface area contributed by atoms with Gasteiger partial charge in [-0.1, -0.05) is 36.4 Å². The first-order chi connectivity index (χ1) is 15.9. The smallest absolute Gasteiger partial charge is 0.312 e. The molecule has 0 amide bonds. The second kappa shape index (κ2) is 8.03. The molecule has 2 atom stereocenters. The van der Waals surface area contributed by atoms with E-state index >= 15 is 0 Å². The Morgan fingerprint density at radius 3 is 2.33 bits per heavy atom. The zero-order chi connectivity index (χ0) is 23.2. The number of aromatic hydroxyl groups is 2. The Labute approximate surface area is 190 Å². The largest absolute Gasteiger partial charge is 0.494 e. The summed E-state index contributed by atoms with van der Waals surface area (Å²) in [7, 11) is -3.77. The highest BCUT2D eigenvalue weighted by Crippen LogP contribution is 2.56. The van der Waals surface area contributed by atoms with Crippen molar-refractivity contribution >= 4 is 18.0 Å². The van der Waals surface area contributed by atoms with Gasteiger partial charge >= 0.3 is 7.37 Å². The lowest BCUT2D eigenvalue weighted by Gasteiger charge is -2.28. The van der Waals surface area contributed by atoms with Crippen molar-refractivity contribution in [3.8, 4) is 40.1 Å². The third-order valence-corrected chi connectivity index (χ3v) is 7.91. The molecule has 168 valence electrons. The summed E-state index contributed by atoms with van der Waals surface area (Å²) < 4.78 is 27.0. The summed E-state index contributed by atoms with van der Waals surface area (Å²) in [4.78, 5) is 0. The van der Waals surface area contributed by atoms with E-state index in [0.717, 1.165) is 11.1 Å². The van der Waals surface area contributed by atoms with Crippen LogP contribution in [0.3, 0.4) is 0 Å². The van der Waals surface area contributed by atoms with Crippen LogP contribution in [-0.2, 0) is 4.57 Å². The summed E-state index contributed by atoms with van der Waals surface area (Å²) in [5.41, 5.74) is 2.02. The lowest BCUT2D eigenvalue weighted by atomic mass is 10.0. The maximum atomic E-state index is 14.3. The van der Waals surface area contributed by atoms with E-state index in [-0.39, 0.29) is 23.7 Å². The highest BCUT2D eigenvalue weighted by atomic mass is 31.2. The lowest BCUT2D eigenvalue weighted by molar-refractivity contribution is 0.123. The number of hydrogen-bond donors (Lipinski definition) is 3. The normalized spacial score (nSPS) is 17.5. The molecule has 0 bridgehead atoms. The number of rotatable bonds is 5. The molecule has 2 heterocycles. The zero-order valence-electron chi connectivity index (χ0n) is 17.8. The first-order valence-electron chi connectivity index (χ1n) is 10.4. The van der Waals surface area contributed by atoms with Crippen molar-refractivity contribution in [3.63, 3.8) is 0 Å². The molecule has 0 fully saturated rings. The highest BCUT2D eigenvalue weighted by molar-refractivity contribution is 7.75. The monoisotopic (exact) mass is 463 g/mol. The summed E-state index contributed by atoms with van der Waals surface area (Å²) in [6, 6.07) is 22.4. The topological polar surface area (TPSA) is 101 Å². The van der Waals surface area contributed by atoms with Crippen molar-refractivity contribution in [1.82, 2.24) is 4.57 Å². The molecule has 1 aromatic heterocycles. The SMILES string of the molecule is CC(O)COc1ccc(-n2c(O)cc(P3(=O)Oc4ccccc4-c4ccccc43)c2O)cc1. The third kappa shape index (κ3) is 3.55. The van der Waals surface area contributed by atoms with Crippen LogP contribution in [0.15, 0.2) is 78.9 Å². The van der Waals surface area contributed by atoms with Gasteiger partial charge in [0.2, 0.25) is 5.88 Å². The van der Waals surface area contributed by atoms with Gasteiger partial charge < -0.3 is 24.6 Å². The number of aromatic nitrogens is 1. The van der Waals surface area contributed by atoms with Gasteiger partial charge in [-0.2, -0.15) is 0 Å². The molecule has 0 saturated carbocycles. The number of aliphatic hydroxyl groups excluding tert-OH is 1. The number of para-hydroxylation sites is 1. The predicted molar refractivity (Wildman–Crippen MR) is 126 cm³/mol. The van der Waals surface area contributed by atoms with Crippen LogP contribution in [-0.4, -0.2) is 32.6 Å². The first-order valence-corrected chi connectivity index (χ1v) is 12.0. The molecule has 2 unspecified atom stereocenters. The lowest BCUT2D eigenvalue weighted by Crippen LogP contribution is -2.24. The van der Waals surface area contributed by atoms with Gasteiger partial charge in [-0.05, 0) is 48.9 Å². The van der Waals surface area contributed by atoms with Crippen molar-refractivity contribution < 1.29 is 29.1 Å². The molecule has 5 rings (SSSR count). The summed E-state index contributed by atoms with van der Waals surface area (Å²) >= 11 is 0. The van der Waals surface area contributed by atoms with Gasteiger partial charge in [-0.15, -0.1) is 0 Å². The van der Waals surface area contributed by atoms with Gasteiger partial charge in [-0.25, -0.2) is 0 Å². The van der Waals surface area contributed by atoms with Crippen LogP contribution >= 0.6 is 7.37 Å². The first kappa shape index (κ1) is 21.2. The minimum Gasteiger partial charge on any atom is -0.494 e. The third-order valence-electron chi connectivity index (χ3n) is 5.46. The van der Waals surface area contributed by atoms with E-state index in [0.29, 0.717) is 22.5 Å². The molecule has 3 aromatic carbocycles. The average molecular weight is 463 g/mol. The minimum atomic E-state index is -3.77. The average Bonchev–Trinajstić information content (AvgIpc) is 3.13. The van der Waals surface area contributed by atoms with Crippen molar-refractivity contribution in [2.45, 2.75) is 13.0 Å². The highest BCUT2D eigenvalue weighted by Gasteiger charge is 2.41. The number of aliphatic hydroxyl groups is 1. The van der Waals surface area contributed by atoms with Gasteiger partial charge in [0.1, 0.15) is 23.4 Å². The number of benzene rings is 3. The Morgan fingerprint density at radius 2 is 1.61 bits per heavy atom. The summed E-state index contributed by atoms with van der Waals surface area (Å²) in [6.07, 6.45) is -0.606. The van der Waals surface area contributed by atoms with Crippen molar-refractivity contribution in [3.05, 3.63) is 78.9 Å². The summed E-state index contributed by atoms with van der Waals surface area (Å²) in [5, 5.41) is 31.6. The van der Waals surface area contributed by atoms with Gasteiger partial charge in [0.15, 0.2) is 5.88 Å². The minimum absolute atomic E-state index is 0.0105. The standard InChI is InChI=1S/C25H22NO6P/c1-16(27)15-31-18-12-10-17(11-13-18)26-24(28)14-23(25(26)29)33(30)22-9-5-3-7-20(22)19-6-2-4-8-21(19)32-33/h2-14,16,27-29H,15H2,1H3. The molecule has 0 saturated heterocycles. The molecule has 4 aromatic rings. The Balaban J connectivity index is 1.58. The predicted octanol–water partition coefficient (Wildman–Crippen LogP) is 3.94. The Kier molecular flexibility index (Phi) is 5.16. The zero-order valence-corrected chi connectivity index (χ0v) is 18.6. The fourth-order valence-corrected chi connectivity index (χ4v) is 6.28. The fraction of sp³-hybridized carbons (Fsp3) is 0.120. The van der Waals surface area contributed by atoms with Crippen molar-refractivity contribution in [2.75, 3.05) is 6.61 Å². The quantitative estimate of drug-likeness (QED) is 0.388. The van der Waals surface area contributed by atoms with E-state index < -0.39 is 13.5 Å². The number of ether oxygens (including phenoxy) is 1. The second-order valence-corrected chi connectivity index (χ2v) is 10.1. The van der Waals surface area contributed by atoms with Crippen molar-refractivity contribution in [1.29, 1.82) is 0 Å². The molecule has 0 spiro atoms. The molecule has 3 N–H and O–H groups in total. The molecule has 1 aliphatic heterocycles. The van der Waals surface area contributed by atoms with Crippen molar-refractivity contribution in [2.24, 2.45) is 0 Å². The van der Waals surface area contributed by atoms with E-state index in [4.69, 9.17) is 9.26 Å². The van der Waals surface area contributed by atoms with Crippen LogP contribution in [0.25, 0.3) is 16.8 Å². The van der Waals surface area contributed by atoms with Gasteiger partial charge in [0.25, 0.3) is 0 Å². The summed E-state index contributed by atoms with van der Waals surface area (Å²) in [6.45, 7) is 1.77. The molecular weight excluding hydrogens is 441 g/mol. The van der Waals surface area contributed by atoms with Crippen LogP contribution < -0.4 is 19.9 Å². The van der Waals surface area contributed by atoms with E-state index in [1.165, 1.54) is 10.6 Å².